The zero-order chi connectivity index (χ0) is 19.9. The number of carbonyl (C=O) groups is 1. The average Bonchev–Trinajstić information content (AvgIpc) is 2.73. The van der Waals surface area contributed by atoms with Gasteiger partial charge in [0, 0.05) is 10.6 Å². The van der Waals surface area contributed by atoms with E-state index in [9.17, 15) is 4.79 Å². The van der Waals surface area contributed by atoms with Crippen LogP contribution in [-0.2, 0) is 4.79 Å². The highest BCUT2D eigenvalue weighted by molar-refractivity contribution is 8.00. The van der Waals surface area contributed by atoms with Gasteiger partial charge in [-0.2, -0.15) is 0 Å². The summed E-state index contributed by atoms with van der Waals surface area (Å²) in [6, 6.07) is 16.9. The molecule has 0 aliphatic rings. The number of benzene rings is 2. The number of nitrogens with one attached hydrogen (secondary N) is 1. The number of amides is 1. The summed E-state index contributed by atoms with van der Waals surface area (Å²) >= 11 is 7.45. The SMILES string of the molecule is CCC(Sc1cc(-c2ccccc2)ncn1)C(=O)Nc1cc(Cl)ccc1OC. The molecule has 1 amide bonds. The maximum absolute atomic E-state index is 12.8. The number of carbonyl (C=O) groups excluding carboxylic acids is 1. The molecule has 0 aliphatic heterocycles. The smallest absolute Gasteiger partial charge is 0.238 e. The molecule has 0 saturated heterocycles. The molecule has 0 radical (unpaired) electrons. The first-order valence-corrected chi connectivity index (χ1v) is 10.0. The van der Waals surface area contributed by atoms with Crippen LogP contribution in [0, 0.1) is 0 Å². The highest BCUT2D eigenvalue weighted by atomic mass is 35.5. The molecule has 0 aliphatic carbocycles. The Morgan fingerprint density at radius 2 is 1.96 bits per heavy atom. The van der Waals surface area contributed by atoms with Crippen LogP contribution >= 0.6 is 23.4 Å². The Morgan fingerprint density at radius 1 is 1.18 bits per heavy atom. The van der Waals surface area contributed by atoms with E-state index in [0.29, 0.717) is 22.9 Å². The summed E-state index contributed by atoms with van der Waals surface area (Å²) in [5.41, 5.74) is 2.38. The third kappa shape index (κ3) is 5.03. The van der Waals surface area contributed by atoms with Crippen molar-refractivity contribution in [3.05, 3.63) is 65.9 Å². The van der Waals surface area contributed by atoms with Gasteiger partial charge in [0.25, 0.3) is 0 Å². The molecule has 0 spiro atoms. The van der Waals surface area contributed by atoms with Gasteiger partial charge in [0.2, 0.25) is 5.91 Å². The Balaban J connectivity index is 1.76. The van der Waals surface area contributed by atoms with Crippen LogP contribution in [0.1, 0.15) is 13.3 Å². The highest BCUT2D eigenvalue weighted by Gasteiger charge is 2.20. The molecular formula is C21H20ClN3O2S. The van der Waals surface area contributed by atoms with E-state index in [-0.39, 0.29) is 11.2 Å². The van der Waals surface area contributed by atoms with E-state index in [1.54, 1.807) is 25.3 Å². The quantitative estimate of drug-likeness (QED) is 0.419. The van der Waals surface area contributed by atoms with Crippen molar-refractivity contribution in [1.82, 2.24) is 9.97 Å². The van der Waals surface area contributed by atoms with Gasteiger partial charge < -0.3 is 10.1 Å². The molecule has 1 unspecified atom stereocenters. The number of nitrogens with zero attached hydrogens (tertiary/aromatic N) is 2. The van der Waals surface area contributed by atoms with Gasteiger partial charge in [-0.25, -0.2) is 9.97 Å². The van der Waals surface area contributed by atoms with Crippen molar-refractivity contribution in [1.29, 1.82) is 0 Å². The number of ether oxygens (including phenoxy) is 1. The molecule has 1 atom stereocenters. The first kappa shape index (κ1) is 20.2. The lowest BCUT2D eigenvalue weighted by Gasteiger charge is -2.16. The lowest BCUT2D eigenvalue weighted by Crippen LogP contribution is -2.25. The lowest BCUT2D eigenvalue weighted by atomic mass is 10.1. The number of methoxy groups -OCH3 is 1. The van der Waals surface area contributed by atoms with Crippen LogP contribution in [0.3, 0.4) is 0 Å². The lowest BCUT2D eigenvalue weighted by molar-refractivity contribution is -0.115. The molecular weight excluding hydrogens is 394 g/mol. The van der Waals surface area contributed by atoms with E-state index in [0.717, 1.165) is 16.3 Å². The minimum atomic E-state index is -0.317. The van der Waals surface area contributed by atoms with Crippen molar-refractivity contribution in [2.45, 2.75) is 23.6 Å². The molecule has 3 rings (SSSR count). The second kappa shape index (κ2) is 9.57. The van der Waals surface area contributed by atoms with E-state index in [1.165, 1.54) is 18.1 Å². The van der Waals surface area contributed by atoms with Gasteiger partial charge in [0.15, 0.2) is 0 Å². The molecule has 7 heteroatoms. The van der Waals surface area contributed by atoms with Crippen LogP contribution in [0.15, 0.2) is 66.0 Å². The predicted molar refractivity (Wildman–Crippen MR) is 114 cm³/mol. The second-order valence-electron chi connectivity index (χ2n) is 5.96. The zero-order valence-electron chi connectivity index (χ0n) is 15.6. The van der Waals surface area contributed by atoms with Gasteiger partial charge in [-0.1, -0.05) is 60.6 Å². The third-order valence-electron chi connectivity index (χ3n) is 4.06. The molecule has 0 saturated carbocycles. The Bertz CT molecular complexity index is 953. The van der Waals surface area contributed by atoms with Crippen LogP contribution in [0.4, 0.5) is 5.69 Å². The van der Waals surface area contributed by atoms with Crippen molar-refractivity contribution in [2.24, 2.45) is 0 Å². The van der Waals surface area contributed by atoms with E-state index < -0.39 is 0 Å². The highest BCUT2D eigenvalue weighted by Crippen LogP contribution is 2.31. The fraction of sp³-hybridized carbons (Fsp3) is 0.190. The maximum atomic E-state index is 12.8. The Kier molecular flexibility index (Phi) is 6.90. The zero-order valence-corrected chi connectivity index (χ0v) is 17.1. The molecule has 0 bridgehead atoms. The molecule has 2 aromatic carbocycles. The monoisotopic (exact) mass is 413 g/mol. The van der Waals surface area contributed by atoms with Crippen LogP contribution < -0.4 is 10.1 Å². The molecule has 28 heavy (non-hydrogen) atoms. The molecule has 5 nitrogen and oxygen atoms in total. The topological polar surface area (TPSA) is 64.1 Å². The standard InChI is InChI=1S/C21H20ClN3O2S/c1-3-19(21(26)25-17-11-15(22)9-10-18(17)27-2)28-20-12-16(23-13-24-20)14-7-5-4-6-8-14/h4-13,19H,3H2,1-2H3,(H,25,26). The molecule has 3 aromatic rings. The maximum Gasteiger partial charge on any atom is 0.238 e. The molecule has 1 aromatic heterocycles. The van der Waals surface area contributed by atoms with Crippen LogP contribution in [-0.4, -0.2) is 28.2 Å². The number of aromatic nitrogens is 2. The molecule has 1 N–H and O–H groups in total. The minimum absolute atomic E-state index is 0.132. The Hall–Kier alpha value is -2.57. The van der Waals surface area contributed by atoms with Gasteiger partial charge in [0.05, 0.1) is 23.7 Å². The summed E-state index contributed by atoms with van der Waals surface area (Å²) in [6.45, 7) is 1.96. The largest absolute Gasteiger partial charge is 0.495 e. The van der Waals surface area contributed by atoms with Crippen LogP contribution in [0.5, 0.6) is 5.75 Å². The predicted octanol–water partition coefficient (Wildman–Crippen LogP) is 5.32. The average molecular weight is 414 g/mol. The summed E-state index contributed by atoms with van der Waals surface area (Å²) in [6.07, 6.45) is 2.17. The fourth-order valence-corrected chi connectivity index (χ4v) is 3.71. The van der Waals surface area contributed by atoms with Gasteiger partial charge in [-0.3, -0.25) is 4.79 Å². The van der Waals surface area contributed by atoms with Gasteiger partial charge in [0.1, 0.15) is 17.1 Å². The van der Waals surface area contributed by atoms with Crippen molar-refractivity contribution in [3.8, 4) is 17.0 Å². The van der Waals surface area contributed by atoms with Crippen molar-refractivity contribution in [2.75, 3.05) is 12.4 Å². The minimum Gasteiger partial charge on any atom is -0.495 e. The van der Waals surface area contributed by atoms with E-state index in [4.69, 9.17) is 16.3 Å². The number of hydrogen-bond acceptors (Lipinski definition) is 5. The summed E-state index contributed by atoms with van der Waals surface area (Å²) in [5.74, 6) is 0.430. The first-order chi connectivity index (χ1) is 13.6. The van der Waals surface area contributed by atoms with E-state index >= 15 is 0 Å². The van der Waals surface area contributed by atoms with Crippen molar-refractivity contribution >= 4 is 35.0 Å². The molecule has 0 fully saturated rings. The number of anilines is 1. The van der Waals surface area contributed by atoms with E-state index in [2.05, 4.69) is 15.3 Å². The van der Waals surface area contributed by atoms with Crippen LogP contribution in [0.2, 0.25) is 5.02 Å². The summed E-state index contributed by atoms with van der Waals surface area (Å²) in [7, 11) is 1.55. The summed E-state index contributed by atoms with van der Waals surface area (Å²) in [5, 5.41) is 3.86. The summed E-state index contributed by atoms with van der Waals surface area (Å²) < 4.78 is 5.30. The number of rotatable bonds is 7. The Labute approximate surface area is 173 Å². The third-order valence-corrected chi connectivity index (χ3v) is 5.59. The number of thioether (sulfide) groups is 1. The normalized spacial score (nSPS) is 11.7. The number of hydrogen-bond donors (Lipinski definition) is 1. The van der Waals surface area contributed by atoms with Crippen molar-refractivity contribution < 1.29 is 9.53 Å². The van der Waals surface area contributed by atoms with Gasteiger partial charge in [-0.05, 0) is 30.7 Å². The fourth-order valence-electron chi connectivity index (χ4n) is 2.63. The van der Waals surface area contributed by atoms with Gasteiger partial charge in [-0.15, -0.1) is 0 Å². The van der Waals surface area contributed by atoms with Crippen molar-refractivity contribution in [3.63, 3.8) is 0 Å². The van der Waals surface area contributed by atoms with Gasteiger partial charge >= 0.3 is 0 Å². The van der Waals surface area contributed by atoms with Crippen LogP contribution in [0.25, 0.3) is 11.3 Å². The molecule has 1 heterocycles. The molecule has 144 valence electrons. The number of halogens is 1. The van der Waals surface area contributed by atoms with E-state index in [1.807, 2.05) is 43.3 Å². The second-order valence-corrected chi connectivity index (χ2v) is 7.62. The Morgan fingerprint density at radius 3 is 2.68 bits per heavy atom. The summed E-state index contributed by atoms with van der Waals surface area (Å²) in [4.78, 5) is 21.5. The first-order valence-electron chi connectivity index (χ1n) is 8.79.